The third-order valence-corrected chi connectivity index (χ3v) is 2.78. The van der Waals surface area contributed by atoms with Crippen molar-refractivity contribution in [3.8, 4) is 0 Å². The number of nitrogens with two attached hydrogens (primary N) is 1. The first-order chi connectivity index (χ1) is 9.61. The van der Waals surface area contributed by atoms with Crippen molar-refractivity contribution < 1.29 is 9.59 Å². The molecule has 0 saturated carbocycles. The van der Waals surface area contributed by atoms with Crippen LogP contribution in [0.25, 0.3) is 0 Å². The topological polar surface area (TPSA) is 113 Å². The molecular weight excluding hydrogens is 270 g/mol. The quantitative estimate of drug-likeness (QED) is 0.652. The van der Waals surface area contributed by atoms with Gasteiger partial charge in [0.05, 0.1) is 11.4 Å². The third-order valence-electron chi connectivity index (χ3n) is 2.78. The average molecular weight is 295 g/mol. The van der Waals surface area contributed by atoms with Gasteiger partial charge in [0, 0.05) is 18.5 Å². The van der Waals surface area contributed by atoms with Crippen LogP contribution in [0.5, 0.6) is 0 Å². The first kappa shape index (κ1) is 17.0. The minimum atomic E-state index is -0.376. The predicted octanol–water partition coefficient (Wildman–Crippen LogP) is 1.15. The van der Waals surface area contributed by atoms with Crippen LogP contribution in [0.3, 0.4) is 0 Å². The highest BCUT2D eigenvalue weighted by atomic mass is 16.2. The van der Waals surface area contributed by atoms with Crippen LogP contribution < -0.4 is 16.4 Å². The molecule has 0 saturated heterocycles. The van der Waals surface area contributed by atoms with E-state index in [1.54, 1.807) is 0 Å². The summed E-state index contributed by atoms with van der Waals surface area (Å²) in [4.78, 5) is 23.6. The summed E-state index contributed by atoms with van der Waals surface area (Å²) < 4.78 is 0. The van der Waals surface area contributed by atoms with Gasteiger partial charge in [-0.1, -0.05) is 13.8 Å². The molecule has 0 spiro atoms. The van der Waals surface area contributed by atoms with Crippen LogP contribution >= 0.6 is 0 Å². The molecule has 0 unspecified atom stereocenters. The molecule has 118 valence electrons. The average Bonchev–Trinajstić information content (AvgIpc) is 2.68. The van der Waals surface area contributed by atoms with Gasteiger partial charge in [-0.15, -0.1) is 0 Å². The van der Waals surface area contributed by atoms with Gasteiger partial charge in [0.25, 0.3) is 5.91 Å². The SMILES string of the molecule is CC(C)c1[nH]nc(C(=O)NCCC(=O)NC(C)(C)C)c1N. The summed E-state index contributed by atoms with van der Waals surface area (Å²) in [5.74, 6) is -0.323. The second kappa shape index (κ2) is 6.60. The van der Waals surface area contributed by atoms with Crippen molar-refractivity contribution >= 4 is 17.5 Å². The molecule has 0 aliphatic heterocycles. The first-order valence-electron chi connectivity index (χ1n) is 7.04. The van der Waals surface area contributed by atoms with Gasteiger partial charge in [-0.05, 0) is 26.7 Å². The lowest BCUT2D eigenvalue weighted by Crippen LogP contribution is -2.42. The predicted molar refractivity (Wildman–Crippen MR) is 81.9 cm³/mol. The van der Waals surface area contributed by atoms with E-state index in [1.807, 2.05) is 34.6 Å². The van der Waals surface area contributed by atoms with Crippen LogP contribution in [0.2, 0.25) is 0 Å². The normalized spacial score (nSPS) is 11.5. The van der Waals surface area contributed by atoms with Crippen molar-refractivity contribution in [1.82, 2.24) is 20.8 Å². The molecule has 1 heterocycles. The molecule has 5 N–H and O–H groups in total. The number of nitrogens with one attached hydrogen (secondary N) is 3. The molecule has 1 aromatic heterocycles. The number of H-pyrrole nitrogens is 1. The molecule has 0 bridgehead atoms. The maximum Gasteiger partial charge on any atom is 0.273 e. The minimum Gasteiger partial charge on any atom is -0.395 e. The summed E-state index contributed by atoms with van der Waals surface area (Å²) in [5.41, 5.74) is 6.89. The van der Waals surface area contributed by atoms with Crippen molar-refractivity contribution in [3.63, 3.8) is 0 Å². The highest BCUT2D eigenvalue weighted by molar-refractivity contribution is 5.97. The van der Waals surface area contributed by atoms with Gasteiger partial charge in [0.2, 0.25) is 5.91 Å². The van der Waals surface area contributed by atoms with E-state index in [9.17, 15) is 9.59 Å². The highest BCUT2D eigenvalue weighted by Crippen LogP contribution is 2.21. The fourth-order valence-electron chi connectivity index (χ4n) is 1.83. The zero-order valence-electron chi connectivity index (χ0n) is 13.3. The Kier molecular flexibility index (Phi) is 5.34. The molecule has 0 aliphatic carbocycles. The molecule has 7 heteroatoms. The molecule has 0 fully saturated rings. The molecule has 7 nitrogen and oxygen atoms in total. The molecule has 2 amide bonds. The Bertz CT molecular complexity index is 514. The van der Waals surface area contributed by atoms with E-state index in [0.29, 0.717) is 5.69 Å². The lowest BCUT2D eigenvalue weighted by Gasteiger charge is -2.20. The van der Waals surface area contributed by atoms with Gasteiger partial charge in [-0.2, -0.15) is 5.10 Å². The summed E-state index contributed by atoms with van der Waals surface area (Å²) >= 11 is 0. The fourth-order valence-corrected chi connectivity index (χ4v) is 1.83. The summed E-state index contributed by atoms with van der Waals surface area (Å²) in [6.45, 7) is 9.87. The number of nitrogen functional groups attached to an aromatic ring is 1. The van der Waals surface area contributed by atoms with Gasteiger partial charge in [-0.25, -0.2) is 0 Å². The van der Waals surface area contributed by atoms with Gasteiger partial charge in [0.1, 0.15) is 0 Å². The van der Waals surface area contributed by atoms with Gasteiger partial charge < -0.3 is 16.4 Å². The molecule has 0 radical (unpaired) electrons. The van der Waals surface area contributed by atoms with Crippen molar-refractivity contribution in [1.29, 1.82) is 0 Å². The molecule has 0 atom stereocenters. The van der Waals surface area contributed by atoms with E-state index in [0.717, 1.165) is 5.69 Å². The number of rotatable bonds is 5. The number of carbonyl (C=O) groups excluding carboxylic acids is 2. The lowest BCUT2D eigenvalue weighted by atomic mass is 10.1. The standard InChI is InChI=1S/C14H25N5O2/c1-8(2)11-10(15)12(19-18-11)13(21)16-7-6-9(20)17-14(3,4)5/h8H,6-7,15H2,1-5H3,(H,16,21)(H,17,20)(H,18,19). The Labute approximate surface area is 125 Å². The summed E-state index contributed by atoms with van der Waals surface area (Å²) in [5, 5.41) is 12.2. The second-order valence-electron chi connectivity index (χ2n) is 6.36. The first-order valence-corrected chi connectivity index (χ1v) is 7.04. The number of amides is 2. The fraction of sp³-hybridized carbons (Fsp3) is 0.643. The van der Waals surface area contributed by atoms with Gasteiger partial charge >= 0.3 is 0 Å². The van der Waals surface area contributed by atoms with Crippen LogP contribution in [0.15, 0.2) is 0 Å². The molecular formula is C14H25N5O2. The molecule has 21 heavy (non-hydrogen) atoms. The number of carbonyl (C=O) groups is 2. The smallest absolute Gasteiger partial charge is 0.273 e. The van der Waals surface area contributed by atoms with Gasteiger partial charge in [-0.3, -0.25) is 14.7 Å². The maximum absolute atomic E-state index is 12.0. The molecule has 1 aromatic rings. The van der Waals surface area contributed by atoms with Crippen LogP contribution in [0.4, 0.5) is 5.69 Å². The third kappa shape index (κ3) is 5.09. The maximum atomic E-state index is 12.0. The van der Waals surface area contributed by atoms with Crippen LogP contribution in [0, 0.1) is 0 Å². The Morgan fingerprint density at radius 3 is 2.43 bits per heavy atom. The van der Waals surface area contributed by atoms with Crippen LogP contribution in [-0.2, 0) is 4.79 Å². The zero-order chi connectivity index (χ0) is 16.2. The number of hydrogen-bond donors (Lipinski definition) is 4. The van der Waals surface area contributed by atoms with E-state index in [1.165, 1.54) is 0 Å². The van der Waals surface area contributed by atoms with E-state index in [4.69, 9.17) is 5.73 Å². The Morgan fingerprint density at radius 1 is 1.33 bits per heavy atom. The zero-order valence-corrected chi connectivity index (χ0v) is 13.3. The van der Waals surface area contributed by atoms with E-state index < -0.39 is 0 Å². The van der Waals surface area contributed by atoms with Crippen molar-refractivity contribution in [3.05, 3.63) is 11.4 Å². The number of hydrogen-bond acceptors (Lipinski definition) is 4. The van der Waals surface area contributed by atoms with Crippen molar-refractivity contribution in [2.45, 2.75) is 52.5 Å². The van der Waals surface area contributed by atoms with E-state index in [2.05, 4.69) is 20.8 Å². The van der Waals surface area contributed by atoms with Crippen molar-refractivity contribution in [2.75, 3.05) is 12.3 Å². The summed E-state index contributed by atoms with van der Waals surface area (Å²) in [6, 6.07) is 0. The molecule has 0 aromatic carbocycles. The summed E-state index contributed by atoms with van der Waals surface area (Å²) in [6.07, 6.45) is 0.213. The monoisotopic (exact) mass is 295 g/mol. The Balaban J connectivity index is 2.50. The number of aromatic amines is 1. The molecule has 1 rings (SSSR count). The minimum absolute atomic E-state index is 0.110. The van der Waals surface area contributed by atoms with Crippen molar-refractivity contribution in [2.24, 2.45) is 0 Å². The van der Waals surface area contributed by atoms with Crippen LogP contribution in [0.1, 0.15) is 63.1 Å². The second-order valence-corrected chi connectivity index (χ2v) is 6.36. The van der Waals surface area contributed by atoms with Gasteiger partial charge in [0.15, 0.2) is 5.69 Å². The Morgan fingerprint density at radius 2 is 1.95 bits per heavy atom. The van der Waals surface area contributed by atoms with Crippen LogP contribution in [-0.4, -0.2) is 34.1 Å². The summed E-state index contributed by atoms with van der Waals surface area (Å²) in [7, 11) is 0. The molecule has 0 aliphatic rings. The largest absolute Gasteiger partial charge is 0.395 e. The van der Waals surface area contributed by atoms with E-state index in [-0.39, 0.29) is 41.9 Å². The lowest BCUT2D eigenvalue weighted by molar-refractivity contribution is -0.122. The number of nitrogens with zero attached hydrogens (tertiary/aromatic N) is 1. The number of anilines is 1. The Hall–Kier alpha value is -2.05. The van der Waals surface area contributed by atoms with E-state index >= 15 is 0 Å². The highest BCUT2D eigenvalue weighted by Gasteiger charge is 2.19. The number of aromatic nitrogens is 2.